The molecule has 0 aliphatic carbocycles. The van der Waals surface area contributed by atoms with Crippen LogP contribution < -0.4 is 15.5 Å². The highest BCUT2D eigenvalue weighted by Crippen LogP contribution is 2.21. The van der Waals surface area contributed by atoms with E-state index in [0.29, 0.717) is 38.8 Å². The average molecular weight is 474 g/mol. The Labute approximate surface area is 193 Å². The number of aromatic amines is 1. The zero-order valence-corrected chi connectivity index (χ0v) is 18.6. The Kier molecular flexibility index (Phi) is 5.14. The molecule has 170 valence electrons. The second kappa shape index (κ2) is 8.16. The van der Waals surface area contributed by atoms with E-state index in [2.05, 4.69) is 20.2 Å². The number of sulfonamides is 1. The minimum atomic E-state index is -3.88. The largest absolute Gasteiger partial charge is 0.360 e. The Morgan fingerprint density at radius 2 is 1.71 bits per heavy atom. The summed E-state index contributed by atoms with van der Waals surface area (Å²) in [6.45, 7) is 1.65. The van der Waals surface area contributed by atoms with Crippen molar-refractivity contribution in [2.75, 3.05) is 10.0 Å². The van der Waals surface area contributed by atoms with E-state index in [1.54, 1.807) is 49.4 Å². The highest BCUT2D eigenvalue weighted by atomic mass is 32.2. The molecule has 1 amide bonds. The molecular formula is C24H18N4O5S. The number of benzene rings is 3. The topological polar surface area (TPSA) is 134 Å². The summed E-state index contributed by atoms with van der Waals surface area (Å²) in [5.74, 6) is 0.106. The van der Waals surface area contributed by atoms with Gasteiger partial charge in [0.2, 0.25) is 0 Å². The third-order valence-corrected chi connectivity index (χ3v) is 6.65. The molecule has 0 aliphatic rings. The fourth-order valence-corrected chi connectivity index (χ4v) is 4.65. The van der Waals surface area contributed by atoms with Crippen molar-refractivity contribution >= 4 is 49.2 Å². The van der Waals surface area contributed by atoms with Gasteiger partial charge in [-0.3, -0.25) is 14.3 Å². The van der Waals surface area contributed by atoms with Crippen LogP contribution in [0.2, 0.25) is 0 Å². The number of hydrogen-bond acceptors (Lipinski definition) is 6. The summed E-state index contributed by atoms with van der Waals surface area (Å²) in [6.07, 6.45) is 0. The van der Waals surface area contributed by atoms with Gasteiger partial charge in [-0.05, 0) is 55.5 Å². The van der Waals surface area contributed by atoms with Crippen molar-refractivity contribution in [2.24, 2.45) is 0 Å². The van der Waals surface area contributed by atoms with Crippen LogP contribution in [0.3, 0.4) is 0 Å². The quantitative estimate of drug-likeness (QED) is 0.329. The van der Waals surface area contributed by atoms with Crippen molar-refractivity contribution in [3.63, 3.8) is 0 Å². The van der Waals surface area contributed by atoms with Gasteiger partial charge >= 0.3 is 0 Å². The van der Waals surface area contributed by atoms with Crippen molar-refractivity contribution in [2.45, 2.75) is 11.8 Å². The van der Waals surface area contributed by atoms with E-state index in [4.69, 9.17) is 4.52 Å². The summed E-state index contributed by atoms with van der Waals surface area (Å²) >= 11 is 0. The molecule has 0 fully saturated rings. The van der Waals surface area contributed by atoms with Gasteiger partial charge in [-0.25, -0.2) is 8.42 Å². The lowest BCUT2D eigenvalue weighted by Gasteiger charge is -2.10. The molecule has 10 heteroatoms. The maximum Gasteiger partial charge on any atom is 0.263 e. The van der Waals surface area contributed by atoms with Crippen LogP contribution in [0.4, 0.5) is 11.5 Å². The maximum atomic E-state index is 13.0. The lowest BCUT2D eigenvalue weighted by Crippen LogP contribution is -2.15. The summed E-state index contributed by atoms with van der Waals surface area (Å²) in [7, 11) is -3.88. The van der Waals surface area contributed by atoms with Crippen LogP contribution in [0.1, 0.15) is 16.1 Å². The molecule has 0 spiro atoms. The van der Waals surface area contributed by atoms with Crippen molar-refractivity contribution < 1.29 is 17.7 Å². The van der Waals surface area contributed by atoms with E-state index in [9.17, 15) is 18.0 Å². The SMILES string of the molecule is Cc1cc(NS(=O)(=O)c2ccc(NC(=O)c3cccc4c(=O)c5ccccc5[nH]c34)cc2)no1. The molecule has 0 saturated carbocycles. The Hall–Kier alpha value is -4.44. The van der Waals surface area contributed by atoms with Gasteiger partial charge in [0.15, 0.2) is 11.2 Å². The van der Waals surface area contributed by atoms with Crippen molar-refractivity contribution in [1.29, 1.82) is 0 Å². The van der Waals surface area contributed by atoms with Crippen LogP contribution in [0, 0.1) is 6.92 Å². The summed E-state index contributed by atoms with van der Waals surface area (Å²) in [5.41, 5.74) is 1.57. The van der Waals surface area contributed by atoms with Crippen LogP contribution in [-0.2, 0) is 10.0 Å². The van der Waals surface area contributed by atoms with Gasteiger partial charge < -0.3 is 14.8 Å². The predicted molar refractivity (Wildman–Crippen MR) is 129 cm³/mol. The summed E-state index contributed by atoms with van der Waals surface area (Å²) in [4.78, 5) is 29.0. The molecule has 0 saturated heterocycles. The van der Waals surface area contributed by atoms with Crippen LogP contribution >= 0.6 is 0 Å². The first-order valence-electron chi connectivity index (χ1n) is 10.2. The lowest BCUT2D eigenvalue weighted by molar-refractivity contribution is 0.102. The van der Waals surface area contributed by atoms with Gasteiger partial charge in [0.25, 0.3) is 15.9 Å². The van der Waals surface area contributed by atoms with E-state index >= 15 is 0 Å². The maximum absolute atomic E-state index is 13.0. The fourth-order valence-electron chi connectivity index (χ4n) is 3.66. The first-order valence-corrected chi connectivity index (χ1v) is 11.7. The molecule has 0 atom stereocenters. The van der Waals surface area contributed by atoms with Crippen molar-refractivity contribution in [1.82, 2.24) is 10.1 Å². The molecule has 5 aromatic rings. The monoisotopic (exact) mass is 474 g/mol. The zero-order chi connectivity index (χ0) is 23.9. The van der Waals surface area contributed by atoms with Crippen LogP contribution in [0.5, 0.6) is 0 Å². The number of hydrogen-bond donors (Lipinski definition) is 3. The third-order valence-electron chi connectivity index (χ3n) is 5.27. The number of carbonyl (C=O) groups is 1. The number of aromatic nitrogens is 2. The van der Waals surface area contributed by atoms with E-state index < -0.39 is 15.9 Å². The number of amides is 1. The van der Waals surface area contributed by atoms with Crippen molar-refractivity contribution in [3.8, 4) is 0 Å². The molecule has 2 aromatic heterocycles. The van der Waals surface area contributed by atoms with E-state index in [1.165, 1.54) is 30.3 Å². The average Bonchev–Trinajstić information content (AvgIpc) is 3.23. The normalized spacial score (nSPS) is 11.6. The number of pyridine rings is 1. The first-order chi connectivity index (χ1) is 16.3. The molecule has 34 heavy (non-hydrogen) atoms. The number of anilines is 2. The van der Waals surface area contributed by atoms with Crippen LogP contribution in [0.15, 0.2) is 87.0 Å². The zero-order valence-electron chi connectivity index (χ0n) is 17.8. The predicted octanol–water partition coefficient (Wildman–Crippen LogP) is 4.03. The van der Waals surface area contributed by atoms with Gasteiger partial charge in [0.05, 0.1) is 16.0 Å². The van der Waals surface area contributed by atoms with E-state index in [1.807, 2.05) is 0 Å². The number of aryl methyl sites for hydroxylation is 1. The Morgan fingerprint density at radius 3 is 2.44 bits per heavy atom. The van der Waals surface area contributed by atoms with Gasteiger partial charge in [-0.15, -0.1) is 0 Å². The van der Waals surface area contributed by atoms with Crippen molar-refractivity contribution in [3.05, 3.63) is 94.3 Å². The Balaban J connectivity index is 1.42. The number of carbonyl (C=O) groups excluding carboxylic acids is 1. The molecule has 3 N–H and O–H groups in total. The van der Waals surface area contributed by atoms with Crippen LogP contribution in [-0.4, -0.2) is 24.5 Å². The fraction of sp³-hybridized carbons (Fsp3) is 0.0417. The molecule has 2 heterocycles. The van der Waals surface area contributed by atoms with E-state index in [-0.39, 0.29) is 16.1 Å². The van der Waals surface area contributed by atoms with Gasteiger partial charge in [0.1, 0.15) is 5.76 Å². The van der Waals surface area contributed by atoms with Gasteiger partial charge in [-0.2, -0.15) is 0 Å². The molecule has 5 rings (SSSR count). The van der Waals surface area contributed by atoms with E-state index in [0.717, 1.165) is 0 Å². The standard InChI is InChI=1S/C24H18N4O5S/c1-14-13-21(27-33-14)28-34(31,32)16-11-9-15(10-12-16)25-24(30)19-7-4-6-18-22(19)26-20-8-3-2-5-17(20)23(18)29/h2-13H,1H3,(H,25,30)(H,26,29)(H,27,28). The summed E-state index contributed by atoms with van der Waals surface area (Å²) in [5, 5.41) is 7.31. The molecule has 3 aromatic carbocycles. The summed E-state index contributed by atoms with van der Waals surface area (Å²) < 4.78 is 32.3. The second-order valence-corrected chi connectivity index (χ2v) is 9.32. The number of nitrogens with zero attached hydrogens (tertiary/aromatic N) is 1. The molecule has 0 radical (unpaired) electrons. The molecule has 0 bridgehead atoms. The molecule has 0 unspecified atom stereocenters. The highest BCUT2D eigenvalue weighted by molar-refractivity contribution is 7.92. The number of H-pyrrole nitrogens is 1. The number of fused-ring (bicyclic) bond motifs is 2. The number of nitrogens with one attached hydrogen (secondary N) is 3. The van der Waals surface area contributed by atoms with Gasteiger partial charge in [-0.1, -0.05) is 23.4 Å². The smallest absolute Gasteiger partial charge is 0.263 e. The minimum absolute atomic E-state index is 0.00730. The number of para-hydroxylation sites is 2. The summed E-state index contributed by atoms with van der Waals surface area (Å²) in [6, 6.07) is 19.2. The Bertz CT molecular complexity index is 1720. The number of rotatable bonds is 5. The molecular weight excluding hydrogens is 456 g/mol. The molecule has 0 aliphatic heterocycles. The second-order valence-electron chi connectivity index (χ2n) is 7.63. The molecule has 9 nitrogen and oxygen atoms in total. The minimum Gasteiger partial charge on any atom is -0.360 e. The van der Waals surface area contributed by atoms with Gasteiger partial charge in [0, 0.05) is 28.0 Å². The highest BCUT2D eigenvalue weighted by Gasteiger charge is 2.18. The Morgan fingerprint density at radius 1 is 0.971 bits per heavy atom. The lowest BCUT2D eigenvalue weighted by atomic mass is 10.1. The first kappa shape index (κ1) is 21.4. The van der Waals surface area contributed by atoms with Crippen LogP contribution in [0.25, 0.3) is 21.8 Å². The third kappa shape index (κ3) is 3.90.